The number of aryl methyl sites for hydroxylation is 2. The number of carbonyl (C=O) groups excluding carboxylic acids is 1. The number of ether oxygens (including phenoxy) is 1. The van der Waals surface area contributed by atoms with Gasteiger partial charge in [0.15, 0.2) is 0 Å². The Morgan fingerprint density at radius 3 is 2.73 bits per heavy atom. The maximum absolute atomic E-state index is 12.2. The number of carbonyl (C=O) groups is 1. The predicted octanol–water partition coefficient (Wildman–Crippen LogP) is 3.40. The van der Waals surface area contributed by atoms with Crippen molar-refractivity contribution in [2.45, 2.75) is 32.4 Å². The van der Waals surface area contributed by atoms with Gasteiger partial charge < -0.3 is 4.74 Å². The van der Waals surface area contributed by atoms with Crippen molar-refractivity contribution in [2.75, 3.05) is 0 Å². The SMILES string of the molecule is Cc1cc(Cl)cc2c1C(NS(=O)(=O)NC(=O)OCc1ccccc1)CC2. The lowest BCUT2D eigenvalue weighted by atomic mass is 10.0. The number of hydrogen-bond acceptors (Lipinski definition) is 4. The van der Waals surface area contributed by atoms with Crippen LogP contribution in [-0.4, -0.2) is 14.5 Å². The van der Waals surface area contributed by atoms with Crippen LogP contribution < -0.4 is 9.44 Å². The number of benzene rings is 2. The Morgan fingerprint density at radius 2 is 2.00 bits per heavy atom. The third-order valence-electron chi connectivity index (χ3n) is 4.22. The first-order valence-electron chi connectivity index (χ1n) is 8.14. The van der Waals surface area contributed by atoms with Crippen LogP contribution >= 0.6 is 11.6 Å². The van der Waals surface area contributed by atoms with E-state index in [1.54, 1.807) is 30.3 Å². The van der Waals surface area contributed by atoms with Crippen molar-refractivity contribution in [2.24, 2.45) is 0 Å². The van der Waals surface area contributed by atoms with Crippen molar-refractivity contribution in [1.82, 2.24) is 9.44 Å². The summed E-state index contributed by atoms with van der Waals surface area (Å²) >= 11 is 6.05. The van der Waals surface area contributed by atoms with Crippen LogP contribution in [-0.2, 0) is 28.0 Å². The van der Waals surface area contributed by atoms with Crippen LogP contribution in [0.5, 0.6) is 0 Å². The van der Waals surface area contributed by atoms with Crippen molar-refractivity contribution in [3.63, 3.8) is 0 Å². The minimum atomic E-state index is -4.05. The predicted molar refractivity (Wildman–Crippen MR) is 99.1 cm³/mol. The number of fused-ring (bicyclic) bond motifs is 1. The van der Waals surface area contributed by atoms with Gasteiger partial charge in [-0.3, -0.25) is 0 Å². The van der Waals surface area contributed by atoms with E-state index in [-0.39, 0.29) is 6.61 Å². The second-order valence-corrected chi connectivity index (χ2v) is 8.05. The van der Waals surface area contributed by atoms with Gasteiger partial charge in [-0.15, -0.1) is 0 Å². The minimum absolute atomic E-state index is 0.00787. The standard InChI is InChI=1S/C18H19ClN2O4S/c1-12-9-15(19)10-14-7-8-16(17(12)14)20-26(23,24)21-18(22)25-11-13-5-3-2-4-6-13/h2-6,9-10,16,20H,7-8,11H2,1H3,(H,21,22). The Morgan fingerprint density at radius 1 is 1.27 bits per heavy atom. The molecule has 0 aromatic heterocycles. The molecule has 1 atom stereocenters. The van der Waals surface area contributed by atoms with Gasteiger partial charge in [-0.25, -0.2) is 9.52 Å². The molecular weight excluding hydrogens is 376 g/mol. The Bertz CT molecular complexity index is 916. The fourth-order valence-electron chi connectivity index (χ4n) is 3.17. The molecule has 1 aliphatic carbocycles. The highest BCUT2D eigenvalue weighted by Crippen LogP contribution is 2.35. The van der Waals surface area contributed by atoms with Crippen LogP contribution in [0.1, 0.15) is 34.7 Å². The highest BCUT2D eigenvalue weighted by atomic mass is 35.5. The fourth-order valence-corrected chi connectivity index (χ4v) is 4.41. The summed E-state index contributed by atoms with van der Waals surface area (Å²) in [5, 5.41) is 0.632. The molecule has 8 heteroatoms. The zero-order valence-corrected chi connectivity index (χ0v) is 15.7. The van der Waals surface area contributed by atoms with E-state index in [2.05, 4.69) is 4.72 Å². The number of rotatable bonds is 5. The largest absolute Gasteiger partial charge is 0.444 e. The first kappa shape index (κ1) is 18.7. The van der Waals surface area contributed by atoms with E-state index in [4.69, 9.17) is 16.3 Å². The number of nitrogens with one attached hydrogen (secondary N) is 2. The summed E-state index contributed by atoms with van der Waals surface area (Å²) in [6, 6.07) is 12.3. The number of hydrogen-bond donors (Lipinski definition) is 2. The molecule has 0 radical (unpaired) electrons. The first-order valence-corrected chi connectivity index (χ1v) is 10.00. The van der Waals surface area contributed by atoms with Gasteiger partial charge in [0.05, 0.1) is 0 Å². The quantitative estimate of drug-likeness (QED) is 0.814. The zero-order chi connectivity index (χ0) is 18.7. The zero-order valence-electron chi connectivity index (χ0n) is 14.2. The molecule has 2 aromatic carbocycles. The average molecular weight is 395 g/mol. The molecule has 2 N–H and O–H groups in total. The Hall–Kier alpha value is -2.09. The Balaban J connectivity index is 1.61. The normalized spacial score (nSPS) is 16.2. The Labute approximate surface area is 157 Å². The van der Waals surface area contributed by atoms with E-state index < -0.39 is 22.3 Å². The van der Waals surface area contributed by atoms with Crippen LogP contribution in [0.3, 0.4) is 0 Å². The van der Waals surface area contributed by atoms with Gasteiger partial charge in [0.2, 0.25) is 0 Å². The molecular formula is C18H19ClN2O4S. The molecule has 0 spiro atoms. The van der Waals surface area contributed by atoms with Gasteiger partial charge in [0, 0.05) is 11.1 Å². The van der Waals surface area contributed by atoms with Crippen molar-refractivity contribution in [1.29, 1.82) is 0 Å². The molecule has 26 heavy (non-hydrogen) atoms. The van der Waals surface area contributed by atoms with E-state index in [9.17, 15) is 13.2 Å². The van der Waals surface area contributed by atoms with Gasteiger partial charge in [-0.2, -0.15) is 13.1 Å². The summed E-state index contributed by atoms with van der Waals surface area (Å²) in [7, 11) is -4.05. The molecule has 0 fully saturated rings. The van der Waals surface area contributed by atoms with E-state index in [1.165, 1.54) is 0 Å². The summed E-state index contributed by atoms with van der Waals surface area (Å²) in [5.41, 5.74) is 3.63. The third-order valence-corrected chi connectivity index (χ3v) is 5.46. The molecule has 0 saturated carbocycles. The van der Waals surface area contributed by atoms with Crippen molar-refractivity contribution < 1.29 is 17.9 Å². The summed E-state index contributed by atoms with van der Waals surface area (Å²) < 4.78 is 33.9. The van der Waals surface area contributed by atoms with E-state index in [1.807, 2.05) is 23.8 Å². The smallest absolute Gasteiger partial charge is 0.422 e. The average Bonchev–Trinajstić information content (AvgIpc) is 2.95. The monoisotopic (exact) mass is 394 g/mol. The van der Waals surface area contributed by atoms with Crippen LogP contribution in [0.15, 0.2) is 42.5 Å². The maximum atomic E-state index is 12.2. The summed E-state index contributed by atoms with van der Waals surface area (Å²) in [6.45, 7) is 1.88. The second kappa shape index (κ2) is 7.65. The lowest BCUT2D eigenvalue weighted by Crippen LogP contribution is -2.41. The molecule has 1 aliphatic rings. The van der Waals surface area contributed by atoms with Crippen LogP contribution in [0.4, 0.5) is 4.79 Å². The topological polar surface area (TPSA) is 84.5 Å². The maximum Gasteiger partial charge on any atom is 0.422 e. The van der Waals surface area contributed by atoms with Crippen LogP contribution in [0.25, 0.3) is 0 Å². The Kier molecular flexibility index (Phi) is 5.50. The minimum Gasteiger partial charge on any atom is -0.444 e. The molecule has 138 valence electrons. The lowest BCUT2D eigenvalue weighted by Gasteiger charge is -2.17. The number of halogens is 1. The van der Waals surface area contributed by atoms with Crippen LogP contribution in [0, 0.1) is 6.92 Å². The molecule has 6 nitrogen and oxygen atoms in total. The van der Waals surface area contributed by atoms with Gasteiger partial charge in [-0.1, -0.05) is 41.9 Å². The molecule has 0 heterocycles. The molecule has 3 rings (SSSR count). The number of amides is 1. The van der Waals surface area contributed by atoms with Gasteiger partial charge in [-0.05, 0) is 54.2 Å². The van der Waals surface area contributed by atoms with E-state index in [0.717, 1.165) is 28.7 Å². The van der Waals surface area contributed by atoms with Gasteiger partial charge >= 0.3 is 16.3 Å². The van der Waals surface area contributed by atoms with Crippen molar-refractivity contribution >= 4 is 27.9 Å². The first-order chi connectivity index (χ1) is 12.3. The highest BCUT2D eigenvalue weighted by Gasteiger charge is 2.29. The van der Waals surface area contributed by atoms with Gasteiger partial charge in [0.25, 0.3) is 0 Å². The molecule has 1 amide bonds. The van der Waals surface area contributed by atoms with Crippen LogP contribution in [0.2, 0.25) is 5.02 Å². The van der Waals surface area contributed by atoms with E-state index >= 15 is 0 Å². The van der Waals surface area contributed by atoms with Crippen molar-refractivity contribution in [3.8, 4) is 0 Å². The summed E-state index contributed by atoms with van der Waals surface area (Å²) in [6.07, 6.45) is 0.311. The molecule has 0 saturated heterocycles. The highest BCUT2D eigenvalue weighted by molar-refractivity contribution is 7.88. The van der Waals surface area contributed by atoms with Gasteiger partial charge in [0.1, 0.15) is 6.61 Å². The summed E-state index contributed by atoms with van der Waals surface area (Å²) in [4.78, 5) is 11.8. The van der Waals surface area contributed by atoms with E-state index in [0.29, 0.717) is 11.4 Å². The lowest BCUT2D eigenvalue weighted by molar-refractivity contribution is 0.146. The molecule has 0 bridgehead atoms. The third kappa shape index (κ3) is 4.55. The molecule has 0 aliphatic heterocycles. The fraction of sp³-hybridized carbons (Fsp3) is 0.278. The second-order valence-electron chi connectivity index (χ2n) is 6.17. The summed E-state index contributed by atoms with van der Waals surface area (Å²) in [5.74, 6) is 0. The molecule has 1 unspecified atom stereocenters. The molecule has 2 aromatic rings. The van der Waals surface area contributed by atoms with Crippen molar-refractivity contribution in [3.05, 3.63) is 69.7 Å².